The van der Waals surface area contributed by atoms with Gasteiger partial charge in [-0.3, -0.25) is 4.79 Å². The number of ether oxygens (including phenoxy) is 1. The molecule has 6 nitrogen and oxygen atoms in total. The van der Waals surface area contributed by atoms with Crippen molar-refractivity contribution in [3.63, 3.8) is 0 Å². The topological polar surface area (TPSA) is 92.7 Å². The molecule has 0 bridgehead atoms. The normalized spacial score (nSPS) is 10.3. The lowest BCUT2D eigenvalue weighted by Crippen LogP contribution is -2.10. The number of carboxylic acid groups (broad SMARTS) is 1. The van der Waals surface area contributed by atoms with E-state index in [-0.39, 0.29) is 6.61 Å². The van der Waals surface area contributed by atoms with Crippen molar-refractivity contribution in [2.75, 3.05) is 11.9 Å². The molecular formula is C13H12BrNO5. The second-order valence-corrected chi connectivity index (χ2v) is 4.43. The van der Waals surface area contributed by atoms with Gasteiger partial charge < -0.3 is 15.2 Å². The molecule has 0 fully saturated rings. The minimum absolute atomic E-state index is 0.273. The van der Waals surface area contributed by atoms with Gasteiger partial charge in [0.2, 0.25) is 5.91 Å². The lowest BCUT2D eigenvalue weighted by atomic mass is 10.2. The van der Waals surface area contributed by atoms with E-state index in [4.69, 9.17) is 9.84 Å². The number of hydrogen-bond acceptors (Lipinski definition) is 4. The second kappa shape index (κ2) is 7.44. The first-order chi connectivity index (χ1) is 9.43. The molecule has 7 heteroatoms. The molecule has 0 saturated heterocycles. The summed E-state index contributed by atoms with van der Waals surface area (Å²) in [5.74, 6) is -2.26. The number of esters is 1. The predicted molar refractivity (Wildman–Crippen MR) is 75.5 cm³/mol. The number of hydrogen-bond donors (Lipinski definition) is 2. The van der Waals surface area contributed by atoms with Gasteiger partial charge in [0.05, 0.1) is 17.9 Å². The van der Waals surface area contributed by atoms with E-state index in [9.17, 15) is 14.4 Å². The van der Waals surface area contributed by atoms with Crippen LogP contribution in [0.4, 0.5) is 5.69 Å². The van der Waals surface area contributed by atoms with Crippen LogP contribution >= 0.6 is 15.9 Å². The summed E-state index contributed by atoms with van der Waals surface area (Å²) >= 11 is 3.21. The molecule has 0 unspecified atom stereocenters. The summed E-state index contributed by atoms with van der Waals surface area (Å²) in [7, 11) is 0. The fraction of sp³-hybridized carbons (Fsp3) is 0.154. The first-order valence-corrected chi connectivity index (χ1v) is 6.42. The third-order valence-corrected chi connectivity index (χ3v) is 2.77. The summed E-state index contributed by atoms with van der Waals surface area (Å²) in [5, 5.41) is 10.9. The van der Waals surface area contributed by atoms with Gasteiger partial charge in [0.15, 0.2) is 0 Å². The number of amides is 1. The molecule has 1 aromatic rings. The van der Waals surface area contributed by atoms with Crippen LogP contribution in [0.15, 0.2) is 34.8 Å². The maximum atomic E-state index is 11.5. The first kappa shape index (κ1) is 15.9. The fourth-order valence-electron chi connectivity index (χ4n) is 1.28. The number of halogens is 1. The number of carboxylic acids is 1. The highest BCUT2D eigenvalue weighted by atomic mass is 79.9. The highest BCUT2D eigenvalue weighted by Gasteiger charge is 2.10. The zero-order chi connectivity index (χ0) is 15.1. The highest BCUT2D eigenvalue weighted by molar-refractivity contribution is 9.10. The number of nitrogens with one attached hydrogen (secondary N) is 1. The Labute approximate surface area is 123 Å². The van der Waals surface area contributed by atoms with Crippen molar-refractivity contribution in [2.45, 2.75) is 6.92 Å². The number of carbonyl (C=O) groups excluding carboxylic acids is 2. The highest BCUT2D eigenvalue weighted by Crippen LogP contribution is 2.24. The Morgan fingerprint density at radius 3 is 2.60 bits per heavy atom. The molecule has 20 heavy (non-hydrogen) atoms. The van der Waals surface area contributed by atoms with E-state index in [0.29, 0.717) is 15.7 Å². The van der Waals surface area contributed by atoms with E-state index >= 15 is 0 Å². The minimum Gasteiger partial charge on any atom is -0.478 e. The lowest BCUT2D eigenvalue weighted by molar-refractivity contribution is -0.131. The van der Waals surface area contributed by atoms with Crippen molar-refractivity contribution in [3.05, 3.63) is 40.4 Å². The SMILES string of the molecule is CCOC(=O)c1ccc(NC(=O)/C=C/C(=O)O)c(Br)c1. The second-order valence-electron chi connectivity index (χ2n) is 3.58. The van der Waals surface area contributed by atoms with Crippen LogP contribution in [0, 0.1) is 0 Å². The van der Waals surface area contributed by atoms with Crippen LogP contribution in [0.2, 0.25) is 0 Å². The number of carbonyl (C=O) groups is 3. The molecular weight excluding hydrogens is 330 g/mol. The molecule has 0 aliphatic heterocycles. The van der Waals surface area contributed by atoms with Crippen molar-refractivity contribution in [3.8, 4) is 0 Å². The maximum Gasteiger partial charge on any atom is 0.338 e. The molecule has 0 heterocycles. The largest absolute Gasteiger partial charge is 0.478 e. The van der Waals surface area contributed by atoms with Crippen molar-refractivity contribution >= 4 is 39.5 Å². The van der Waals surface area contributed by atoms with Crippen LogP contribution in [0.5, 0.6) is 0 Å². The monoisotopic (exact) mass is 341 g/mol. The van der Waals surface area contributed by atoms with Gasteiger partial charge in [0, 0.05) is 16.6 Å². The molecule has 1 aromatic carbocycles. The Morgan fingerprint density at radius 2 is 2.05 bits per heavy atom. The molecule has 106 valence electrons. The molecule has 2 N–H and O–H groups in total. The average molecular weight is 342 g/mol. The van der Waals surface area contributed by atoms with Gasteiger partial charge in [-0.2, -0.15) is 0 Å². The number of rotatable bonds is 5. The number of aliphatic carboxylic acids is 1. The maximum absolute atomic E-state index is 11.5. The third kappa shape index (κ3) is 4.85. The predicted octanol–water partition coefficient (Wildman–Crippen LogP) is 2.21. The van der Waals surface area contributed by atoms with Crippen molar-refractivity contribution < 1.29 is 24.2 Å². The number of benzene rings is 1. The zero-order valence-electron chi connectivity index (χ0n) is 10.6. The third-order valence-electron chi connectivity index (χ3n) is 2.12. The first-order valence-electron chi connectivity index (χ1n) is 5.62. The Hall–Kier alpha value is -2.15. The lowest BCUT2D eigenvalue weighted by Gasteiger charge is -2.07. The Morgan fingerprint density at radius 1 is 1.35 bits per heavy atom. The summed E-state index contributed by atoms with van der Waals surface area (Å²) in [5.41, 5.74) is 0.760. The van der Waals surface area contributed by atoms with Gasteiger partial charge in [0.1, 0.15) is 0 Å². The molecule has 0 spiro atoms. The quantitative estimate of drug-likeness (QED) is 0.632. The average Bonchev–Trinajstić information content (AvgIpc) is 2.39. The standard InChI is InChI=1S/C13H12BrNO5/c1-2-20-13(19)8-3-4-10(9(14)7-8)15-11(16)5-6-12(17)18/h3-7H,2H2,1H3,(H,15,16)(H,17,18)/b6-5+. The molecule has 0 aliphatic rings. The summed E-state index contributed by atoms with van der Waals surface area (Å²) in [4.78, 5) is 33.2. The molecule has 0 aliphatic carbocycles. The van der Waals surface area contributed by atoms with Crippen LogP contribution in [-0.4, -0.2) is 29.6 Å². The Bertz CT molecular complexity index is 568. The van der Waals surface area contributed by atoms with Gasteiger partial charge in [-0.25, -0.2) is 9.59 Å². The summed E-state index contributed by atoms with van der Waals surface area (Å²) < 4.78 is 5.33. The smallest absolute Gasteiger partial charge is 0.338 e. The molecule has 1 amide bonds. The van der Waals surface area contributed by atoms with Crippen LogP contribution in [0.25, 0.3) is 0 Å². The fourth-order valence-corrected chi connectivity index (χ4v) is 1.76. The van der Waals surface area contributed by atoms with E-state index in [1.165, 1.54) is 18.2 Å². The Balaban J connectivity index is 2.81. The molecule has 0 radical (unpaired) electrons. The van der Waals surface area contributed by atoms with Crippen LogP contribution in [0.3, 0.4) is 0 Å². The van der Waals surface area contributed by atoms with Crippen LogP contribution in [-0.2, 0) is 14.3 Å². The van der Waals surface area contributed by atoms with Gasteiger partial charge in [0.25, 0.3) is 0 Å². The van der Waals surface area contributed by atoms with Gasteiger partial charge >= 0.3 is 11.9 Å². The zero-order valence-corrected chi connectivity index (χ0v) is 12.1. The van der Waals surface area contributed by atoms with E-state index < -0.39 is 17.8 Å². The Kier molecular flexibility index (Phi) is 5.92. The van der Waals surface area contributed by atoms with Gasteiger partial charge in [-0.05, 0) is 41.1 Å². The van der Waals surface area contributed by atoms with Crippen molar-refractivity contribution in [1.29, 1.82) is 0 Å². The van der Waals surface area contributed by atoms with Crippen LogP contribution < -0.4 is 5.32 Å². The van der Waals surface area contributed by atoms with Crippen molar-refractivity contribution in [2.24, 2.45) is 0 Å². The summed E-state index contributed by atoms with van der Waals surface area (Å²) in [6.45, 7) is 1.98. The number of anilines is 1. The molecule has 0 atom stereocenters. The van der Waals surface area contributed by atoms with E-state index in [2.05, 4.69) is 21.2 Å². The van der Waals surface area contributed by atoms with Crippen molar-refractivity contribution in [1.82, 2.24) is 0 Å². The summed E-state index contributed by atoms with van der Waals surface area (Å²) in [6, 6.07) is 4.52. The van der Waals surface area contributed by atoms with Gasteiger partial charge in [-0.1, -0.05) is 0 Å². The molecule has 0 aromatic heterocycles. The van der Waals surface area contributed by atoms with Crippen LogP contribution in [0.1, 0.15) is 17.3 Å². The summed E-state index contributed by atoms with van der Waals surface area (Å²) in [6.07, 6.45) is 1.63. The van der Waals surface area contributed by atoms with E-state index in [0.717, 1.165) is 12.2 Å². The minimum atomic E-state index is -1.21. The molecule has 0 saturated carbocycles. The van der Waals surface area contributed by atoms with E-state index in [1.54, 1.807) is 6.92 Å². The molecule has 1 rings (SSSR count). The van der Waals surface area contributed by atoms with E-state index in [1.807, 2.05) is 0 Å². The van der Waals surface area contributed by atoms with Gasteiger partial charge in [-0.15, -0.1) is 0 Å².